The Kier molecular flexibility index (Phi) is 5.54. The third-order valence-corrected chi connectivity index (χ3v) is 4.44. The second kappa shape index (κ2) is 7.18. The number of hydrogen-bond acceptors (Lipinski definition) is 3. The molecule has 20 heavy (non-hydrogen) atoms. The zero-order chi connectivity index (χ0) is 14.5. The van der Waals surface area contributed by atoms with Gasteiger partial charge in [-0.1, -0.05) is 12.1 Å². The topological polar surface area (TPSA) is 29.5 Å². The molecule has 1 aliphatic heterocycles. The van der Waals surface area contributed by atoms with Crippen LogP contribution >= 0.6 is 15.9 Å². The van der Waals surface area contributed by atoms with Gasteiger partial charge in [0.15, 0.2) is 0 Å². The Labute approximate surface area is 127 Å². The van der Waals surface area contributed by atoms with Gasteiger partial charge in [-0.05, 0) is 53.9 Å². The molecule has 0 unspecified atom stereocenters. The lowest BCUT2D eigenvalue weighted by molar-refractivity contribution is -0.150. The van der Waals surface area contributed by atoms with Crippen molar-refractivity contribution in [1.82, 2.24) is 4.90 Å². The van der Waals surface area contributed by atoms with Crippen LogP contribution in [0.1, 0.15) is 25.3 Å². The molecular weight excluding hydrogens is 325 g/mol. The molecular formula is C15H19BrFNO2. The summed E-state index contributed by atoms with van der Waals surface area (Å²) in [4.78, 5) is 14.0. The van der Waals surface area contributed by atoms with Crippen LogP contribution in [-0.2, 0) is 16.1 Å². The molecule has 5 heteroatoms. The minimum absolute atomic E-state index is 0.0592. The van der Waals surface area contributed by atoms with E-state index < -0.39 is 0 Å². The molecule has 110 valence electrons. The zero-order valence-electron chi connectivity index (χ0n) is 11.6. The Morgan fingerprint density at radius 1 is 1.55 bits per heavy atom. The Morgan fingerprint density at radius 3 is 3.10 bits per heavy atom. The second-order valence-electron chi connectivity index (χ2n) is 5.04. The number of likely N-dealkylation sites (tertiary alicyclic amines) is 1. The predicted molar refractivity (Wildman–Crippen MR) is 78.7 cm³/mol. The monoisotopic (exact) mass is 343 g/mol. The van der Waals surface area contributed by atoms with Crippen LogP contribution in [-0.4, -0.2) is 30.6 Å². The SMILES string of the molecule is CCOC(=O)[C@@H]1CCCN(Cc2cccc(F)c2Br)C1. The molecule has 0 amide bonds. The van der Waals surface area contributed by atoms with Crippen LogP contribution < -0.4 is 0 Å². The van der Waals surface area contributed by atoms with Crippen LogP contribution in [0.4, 0.5) is 4.39 Å². The number of benzene rings is 1. The number of hydrogen-bond donors (Lipinski definition) is 0. The number of esters is 1. The van der Waals surface area contributed by atoms with Crippen LogP contribution in [0.15, 0.2) is 22.7 Å². The van der Waals surface area contributed by atoms with Crippen molar-refractivity contribution in [3.63, 3.8) is 0 Å². The van der Waals surface area contributed by atoms with E-state index in [2.05, 4.69) is 20.8 Å². The fourth-order valence-electron chi connectivity index (χ4n) is 2.56. The first-order valence-corrected chi connectivity index (χ1v) is 7.73. The Balaban J connectivity index is 1.99. The van der Waals surface area contributed by atoms with Gasteiger partial charge in [0.25, 0.3) is 0 Å². The summed E-state index contributed by atoms with van der Waals surface area (Å²) in [5.41, 5.74) is 0.912. The minimum Gasteiger partial charge on any atom is -0.466 e. The van der Waals surface area contributed by atoms with Crippen LogP contribution in [0.5, 0.6) is 0 Å². The number of piperidine rings is 1. The summed E-state index contributed by atoms with van der Waals surface area (Å²) >= 11 is 3.28. The highest BCUT2D eigenvalue weighted by Crippen LogP contribution is 2.25. The third kappa shape index (κ3) is 3.79. The largest absolute Gasteiger partial charge is 0.466 e. The molecule has 0 spiro atoms. The average Bonchev–Trinajstić information content (AvgIpc) is 2.44. The van der Waals surface area contributed by atoms with Crippen molar-refractivity contribution in [2.24, 2.45) is 5.92 Å². The molecule has 0 aromatic heterocycles. The minimum atomic E-state index is -0.249. The molecule has 0 radical (unpaired) electrons. The van der Waals surface area contributed by atoms with Gasteiger partial charge in [-0.3, -0.25) is 9.69 Å². The van der Waals surface area contributed by atoms with E-state index in [1.165, 1.54) is 6.07 Å². The summed E-state index contributed by atoms with van der Waals surface area (Å²) in [6.45, 7) is 4.50. The third-order valence-electron chi connectivity index (χ3n) is 3.55. The molecule has 2 rings (SSSR count). The molecule has 0 saturated carbocycles. The van der Waals surface area contributed by atoms with E-state index in [1.54, 1.807) is 6.07 Å². The Morgan fingerprint density at radius 2 is 2.35 bits per heavy atom. The highest BCUT2D eigenvalue weighted by molar-refractivity contribution is 9.10. The summed E-state index contributed by atoms with van der Waals surface area (Å²) in [5.74, 6) is -0.423. The second-order valence-corrected chi connectivity index (χ2v) is 5.83. The zero-order valence-corrected chi connectivity index (χ0v) is 13.2. The Bertz CT molecular complexity index is 481. The first kappa shape index (κ1) is 15.4. The van der Waals surface area contributed by atoms with Crippen LogP contribution in [0, 0.1) is 11.7 Å². The number of carbonyl (C=O) groups excluding carboxylic acids is 1. The quantitative estimate of drug-likeness (QED) is 0.785. The molecule has 1 aromatic carbocycles. The molecule has 1 aliphatic rings. The summed E-state index contributed by atoms with van der Waals surface area (Å²) in [7, 11) is 0. The molecule has 3 nitrogen and oxygen atoms in total. The molecule has 1 fully saturated rings. The first-order valence-electron chi connectivity index (χ1n) is 6.93. The highest BCUT2D eigenvalue weighted by atomic mass is 79.9. The van der Waals surface area contributed by atoms with E-state index >= 15 is 0 Å². The number of rotatable bonds is 4. The van der Waals surface area contributed by atoms with Crippen molar-refractivity contribution in [3.05, 3.63) is 34.1 Å². The first-order chi connectivity index (χ1) is 9.61. The molecule has 1 saturated heterocycles. The van der Waals surface area contributed by atoms with Gasteiger partial charge < -0.3 is 4.74 Å². The van der Waals surface area contributed by atoms with Gasteiger partial charge in [0.1, 0.15) is 5.82 Å². The maximum atomic E-state index is 13.5. The molecule has 1 aromatic rings. The average molecular weight is 344 g/mol. The standard InChI is InChI=1S/C15H19BrFNO2/c1-2-20-15(19)12-6-4-8-18(10-12)9-11-5-3-7-13(17)14(11)16/h3,5,7,12H,2,4,6,8-10H2,1H3/t12-/m1/s1. The van der Waals surface area contributed by atoms with Crippen LogP contribution in [0.3, 0.4) is 0 Å². The maximum Gasteiger partial charge on any atom is 0.310 e. The normalized spacial score (nSPS) is 19.9. The highest BCUT2D eigenvalue weighted by Gasteiger charge is 2.27. The van der Waals surface area contributed by atoms with Crippen molar-refractivity contribution in [3.8, 4) is 0 Å². The predicted octanol–water partition coefficient (Wildman–Crippen LogP) is 3.36. The van der Waals surface area contributed by atoms with Crippen molar-refractivity contribution in [1.29, 1.82) is 0 Å². The van der Waals surface area contributed by atoms with Crippen molar-refractivity contribution >= 4 is 21.9 Å². The van der Waals surface area contributed by atoms with E-state index in [9.17, 15) is 9.18 Å². The fourth-order valence-corrected chi connectivity index (χ4v) is 2.95. The van der Waals surface area contributed by atoms with E-state index in [0.29, 0.717) is 24.2 Å². The van der Waals surface area contributed by atoms with Gasteiger partial charge in [0, 0.05) is 13.1 Å². The lowest BCUT2D eigenvalue weighted by atomic mass is 9.97. The molecule has 0 aliphatic carbocycles. The molecule has 1 heterocycles. The number of ether oxygens (including phenoxy) is 1. The van der Waals surface area contributed by atoms with E-state index in [-0.39, 0.29) is 17.7 Å². The van der Waals surface area contributed by atoms with Gasteiger partial charge in [-0.15, -0.1) is 0 Å². The summed E-state index contributed by atoms with van der Waals surface area (Å²) in [6.07, 6.45) is 1.84. The van der Waals surface area contributed by atoms with Crippen molar-refractivity contribution < 1.29 is 13.9 Å². The van der Waals surface area contributed by atoms with Gasteiger partial charge >= 0.3 is 5.97 Å². The molecule has 0 bridgehead atoms. The van der Waals surface area contributed by atoms with Gasteiger partial charge in [-0.25, -0.2) is 4.39 Å². The molecule has 0 N–H and O–H groups in total. The van der Waals surface area contributed by atoms with Crippen molar-refractivity contribution in [2.75, 3.05) is 19.7 Å². The van der Waals surface area contributed by atoms with E-state index in [1.807, 2.05) is 13.0 Å². The van der Waals surface area contributed by atoms with Crippen LogP contribution in [0.25, 0.3) is 0 Å². The fraction of sp³-hybridized carbons (Fsp3) is 0.533. The van der Waals surface area contributed by atoms with E-state index in [4.69, 9.17) is 4.74 Å². The molecule has 1 atom stereocenters. The Hall–Kier alpha value is -0.940. The maximum absolute atomic E-state index is 13.5. The number of nitrogens with zero attached hydrogens (tertiary/aromatic N) is 1. The van der Waals surface area contributed by atoms with E-state index in [0.717, 1.165) is 24.9 Å². The lowest BCUT2D eigenvalue weighted by Crippen LogP contribution is -2.39. The summed E-state index contributed by atoms with van der Waals surface area (Å²) in [6, 6.07) is 5.05. The van der Waals surface area contributed by atoms with Crippen LogP contribution in [0.2, 0.25) is 0 Å². The lowest BCUT2D eigenvalue weighted by Gasteiger charge is -2.31. The van der Waals surface area contributed by atoms with Crippen molar-refractivity contribution in [2.45, 2.75) is 26.3 Å². The smallest absolute Gasteiger partial charge is 0.310 e. The summed E-state index contributed by atoms with van der Waals surface area (Å²) in [5, 5.41) is 0. The van der Waals surface area contributed by atoms with Gasteiger partial charge in [0.2, 0.25) is 0 Å². The summed E-state index contributed by atoms with van der Waals surface area (Å²) < 4.78 is 19.1. The van der Waals surface area contributed by atoms with Gasteiger partial charge in [-0.2, -0.15) is 0 Å². The number of halogens is 2. The number of carbonyl (C=O) groups is 1. The van der Waals surface area contributed by atoms with Gasteiger partial charge in [0.05, 0.1) is 17.0 Å².